The van der Waals surface area contributed by atoms with E-state index in [2.05, 4.69) is 22.1 Å². The summed E-state index contributed by atoms with van der Waals surface area (Å²) < 4.78 is 0. The van der Waals surface area contributed by atoms with Gasteiger partial charge in [-0.15, -0.1) is 0 Å². The molecule has 0 saturated carbocycles. The van der Waals surface area contributed by atoms with Crippen LogP contribution in [0.2, 0.25) is 0 Å². The van der Waals surface area contributed by atoms with Crippen molar-refractivity contribution < 1.29 is 14.7 Å². The van der Waals surface area contributed by atoms with Gasteiger partial charge in [-0.3, -0.25) is 9.59 Å². The second-order valence-corrected chi connectivity index (χ2v) is 7.52. The molecule has 0 aliphatic carbocycles. The van der Waals surface area contributed by atoms with Crippen molar-refractivity contribution in [2.45, 2.75) is 13.8 Å². The normalized spacial score (nSPS) is 17.4. The number of likely N-dealkylation sites (tertiary alicyclic amines) is 2. The fraction of sp³-hybridized carbons (Fsp3) is 0.400. The zero-order valence-electron chi connectivity index (χ0n) is 15.8. The summed E-state index contributed by atoms with van der Waals surface area (Å²) in [4.78, 5) is 25.2. The molecule has 7 nitrogen and oxygen atoms in total. The summed E-state index contributed by atoms with van der Waals surface area (Å²) in [5, 5.41) is 15.2. The average Bonchev–Trinajstić information content (AvgIpc) is 2.59. The van der Waals surface area contributed by atoms with Crippen LogP contribution < -0.4 is 0 Å². The Morgan fingerprint density at radius 2 is 1.74 bits per heavy atom. The van der Waals surface area contributed by atoms with Crippen LogP contribution in [0, 0.1) is 19.3 Å². The number of carboxylic acid groups (broad SMARTS) is 1. The number of nitrogens with zero attached hydrogens (tertiary/aromatic N) is 4. The SMILES string of the molecule is Cc1cnnc(-c2ccc(C(=O)N3CC4(CN(C)C4)C3)cc2)c1C.O=CO. The highest BCUT2D eigenvalue weighted by Crippen LogP contribution is 2.39. The number of hydrogen-bond donors (Lipinski definition) is 1. The number of aryl methyl sites for hydroxylation is 1. The van der Waals surface area contributed by atoms with Gasteiger partial charge in [0.1, 0.15) is 0 Å². The van der Waals surface area contributed by atoms with Gasteiger partial charge in [-0.2, -0.15) is 10.2 Å². The minimum atomic E-state index is -0.250. The highest BCUT2D eigenvalue weighted by atomic mass is 16.3. The van der Waals surface area contributed by atoms with Crippen LogP contribution in [0.3, 0.4) is 0 Å². The lowest BCUT2D eigenvalue weighted by Crippen LogP contribution is -2.71. The predicted molar refractivity (Wildman–Crippen MR) is 101 cm³/mol. The number of carbonyl (C=O) groups excluding carboxylic acids is 1. The fourth-order valence-corrected chi connectivity index (χ4v) is 3.97. The first-order valence-electron chi connectivity index (χ1n) is 8.84. The Balaban J connectivity index is 0.000000659. The lowest BCUT2D eigenvalue weighted by Gasteiger charge is -2.59. The molecular weight excluding hydrogens is 344 g/mol. The topological polar surface area (TPSA) is 86.6 Å². The predicted octanol–water partition coefficient (Wildman–Crippen LogP) is 1.85. The quantitative estimate of drug-likeness (QED) is 0.814. The summed E-state index contributed by atoms with van der Waals surface area (Å²) in [7, 11) is 2.13. The number of benzene rings is 1. The molecule has 1 amide bonds. The van der Waals surface area contributed by atoms with Gasteiger partial charge in [0.15, 0.2) is 0 Å². The van der Waals surface area contributed by atoms with Crippen molar-refractivity contribution >= 4 is 12.4 Å². The van der Waals surface area contributed by atoms with Crippen LogP contribution in [0.15, 0.2) is 30.5 Å². The molecular formula is C20H24N4O3. The molecule has 1 aromatic heterocycles. The molecule has 0 bridgehead atoms. The third-order valence-electron chi connectivity index (χ3n) is 5.31. The van der Waals surface area contributed by atoms with Gasteiger partial charge in [0, 0.05) is 42.7 Å². The van der Waals surface area contributed by atoms with Crippen molar-refractivity contribution in [3.63, 3.8) is 0 Å². The Morgan fingerprint density at radius 3 is 2.30 bits per heavy atom. The van der Waals surface area contributed by atoms with Crippen molar-refractivity contribution in [2.75, 3.05) is 33.2 Å². The van der Waals surface area contributed by atoms with Crippen LogP contribution in [0.4, 0.5) is 0 Å². The Morgan fingerprint density at radius 1 is 1.15 bits per heavy atom. The summed E-state index contributed by atoms with van der Waals surface area (Å²) in [6.45, 7) is 7.83. The molecule has 1 spiro atoms. The van der Waals surface area contributed by atoms with E-state index in [1.807, 2.05) is 43.0 Å². The summed E-state index contributed by atoms with van der Waals surface area (Å²) in [6, 6.07) is 7.74. The number of amides is 1. The molecule has 3 heterocycles. The second kappa shape index (κ2) is 7.44. The van der Waals surface area contributed by atoms with Crippen molar-refractivity contribution in [3.05, 3.63) is 47.2 Å². The highest BCUT2D eigenvalue weighted by molar-refractivity contribution is 5.95. The van der Waals surface area contributed by atoms with Crippen LogP contribution in [0.25, 0.3) is 11.3 Å². The molecule has 27 heavy (non-hydrogen) atoms. The van der Waals surface area contributed by atoms with Crippen LogP contribution in [0.1, 0.15) is 21.5 Å². The molecule has 1 aromatic carbocycles. The maximum Gasteiger partial charge on any atom is 0.290 e. The van der Waals surface area contributed by atoms with Crippen molar-refractivity contribution in [1.82, 2.24) is 20.0 Å². The molecule has 0 radical (unpaired) electrons. The first-order valence-corrected chi connectivity index (χ1v) is 8.84. The smallest absolute Gasteiger partial charge is 0.290 e. The Labute approximate surface area is 158 Å². The number of rotatable bonds is 2. The van der Waals surface area contributed by atoms with E-state index in [1.165, 1.54) is 0 Å². The minimum Gasteiger partial charge on any atom is -0.483 e. The third-order valence-corrected chi connectivity index (χ3v) is 5.31. The van der Waals surface area contributed by atoms with E-state index in [-0.39, 0.29) is 12.4 Å². The Kier molecular flexibility index (Phi) is 5.23. The number of hydrogen-bond acceptors (Lipinski definition) is 5. The summed E-state index contributed by atoms with van der Waals surface area (Å²) in [5.74, 6) is 0.133. The lowest BCUT2D eigenvalue weighted by atomic mass is 9.73. The van der Waals surface area contributed by atoms with Crippen molar-refractivity contribution in [1.29, 1.82) is 0 Å². The second-order valence-electron chi connectivity index (χ2n) is 7.52. The molecule has 2 aliphatic heterocycles. The van der Waals surface area contributed by atoms with Gasteiger partial charge in [-0.05, 0) is 44.2 Å². The Hall–Kier alpha value is -2.80. The minimum absolute atomic E-state index is 0.133. The van der Waals surface area contributed by atoms with Crippen LogP contribution in [0.5, 0.6) is 0 Å². The number of carbonyl (C=O) groups is 2. The fourth-order valence-electron chi connectivity index (χ4n) is 3.97. The molecule has 2 saturated heterocycles. The molecule has 0 atom stereocenters. The molecule has 2 fully saturated rings. The summed E-state index contributed by atoms with van der Waals surface area (Å²) in [6.07, 6.45) is 1.77. The van der Waals surface area contributed by atoms with E-state index in [0.717, 1.165) is 54.1 Å². The monoisotopic (exact) mass is 368 g/mol. The van der Waals surface area contributed by atoms with E-state index in [9.17, 15) is 4.79 Å². The standard InChI is InChI=1S/C19H22N4O.CH2O2/c1-13-8-20-21-17(14(13)2)15-4-6-16(7-5-15)18(24)23-11-19(12-23)9-22(3)10-19;2-1-3/h4-8H,9-12H2,1-3H3;1H,(H,2,3). The summed E-state index contributed by atoms with van der Waals surface area (Å²) in [5.41, 5.74) is 5.26. The van der Waals surface area contributed by atoms with Crippen LogP contribution in [-0.4, -0.2) is 70.7 Å². The maximum atomic E-state index is 12.6. The first kappa shape index (κ1) is 19.0. The molecule has 2 aromatic rings. The van der Waals surface area contributed by atoms with Crippen LogP contribution in [-0.2, 0) is 4.79 Å². The molecule has 142 valence electrons. The first-order chi connectivity index (χ1) is 12.9. The molecule has 4 rings (SSSR count). The molecule has 1 N–H and O–H groups in total. The van der Waals surface area contributed by atoms with Gasteiger partial charge in [-0.25, -0.2) is 0 Å². The van der Waals surface area contributed by atoms with Gasteiger partial charge in [0.2, 0.25) is 0 Å². The highest BCUT2D eigenvalue weighted by Gasteiger charge is 2.51. The van der Waals surface area contributed by atoms with Crippen molar-refractivity contribution in [3.8, 4) is 11.3 Å². The third kappa shape index (κ3) is 3.68. The average molecular weight is 368 g/mol. The van der Waals surface area contributed by atoms with E-state index in [1.54, 1.807) is 6.20 Å². The molecule has 0 unspecified atom stereocenters. The zero-order chi connectivity index (χ0) is 19.6. The van der Waals surface area contributed by atoms with Gasteiger partial charge in [0.25, 0.3) is 12.4 Å². The van der Waals surface area contributed by atoms with Gasteiger partial charge in [-0.1, -0.05) is 12.1 Å². The van der Waals surface area contributed by atoms with Gasteiger partial charge >= 0.3 is 0 Å². The Bertz CT molecular complexity index is 837. The molecule has 7 heteroatoms. The lowest BCUT2D eigenvalue weighted by molar-refractivity contribution is -0.122. The van der Waals surface area contributed by atoms with Gasteiger partial charge < -0.3 is 14.9 Å². The van der Waals surface area contributed by atoms with Gasteiger partial charge in [0.05, 0.1) is 11.9 Å². The van der Waals surface area contributed by atoms with E-state index >= 15 is 0 Å². The van der Waals surface area contributed by atoms with Crippen LogP contribution >= 0.6 is 0 Å². The van der Waals surface area contributed by atoms with E-state index < -0.39 is 0 Å². The van der Waals surface area contributed by atoms with E-state index in [0.29, 0.717) is 5.41 Å². The van der Waals surface area contributed by atoms with E-state index in [4.69, 9.17) is 9.90 Å². The molecule has 2 aliphatic rings. The maximum absolute atomic E-state index is 12.6. The van der Waals surface area contributed by atoms with Crippen molar-refractivity contribution in [2.24, 2.45) is 5.41 Å². The largest absolute Gasteiger partial charge is 0.483 e. The zero-order valence-corrected chi connectivity index (χ0v) is 15.8. The number of aromatic nitrogens is 2. The summed E-state index contributed by atoms with van der Waals surface area (Å²) >= 11 is 0.